The van der Waals surface area contributed by atoms with Gasteiger partial charge in [-0.2, -0.15) is 0 Å². The molecule has 0 radical (unpaired) electrons. The summed E-state index contributed by atoms with van der Waals surface area (Å²) >= 11 is 0. The lowest BCUT2D eigenvalue weighted by atomic mass is 9.93. The molecule has 0 aliphatic carbocycles. The summed E-state index contributed by atoms with van der Waals surface area (Å²) < 4.78 is 6.43. The van der Waals surface area contributed by atoms with Crippen molar-refractivity contribution in [2.45, 2.75) is 0 Å². The fraction of sp³-hybridized carbons (Fsp3) is 0. The smallest absolute Gasteiger partial charge is 0.165 e. The predicted molar refractivity (Wildman–Crippen MR) is 217 cm³/mol. The first kappa shape index (κ1) is 30.6. The van der Waals surface area contributed by atoms with Crippen molar-refractivity contribution in [2.24, 2.45) is 0 Å². The standard InChI is InChI=1S/C49H31N3O/c1-3-12-32(13-4-1)33-22-24-36(25-23-33)41-30-31-44-45(42-19-9-10-21-43(42)53-44)46(41)49-51-47(37-15-5-2-6-16-37)50-48(52-49)38-28-26-35(27-29-38)40-20-11-17-34-14-7-8-18-39(34)40/h1-31H. The lowest BCUT2D eigenvalue weighted by Crippen LogP contribution is -2.01. The zero-order chi connectivity index (χ0) is 35.1. The Labute approximate surface area is 306 Å². The minimum atomic E-state index is 0.589. The first-order chi connectivity index (χ1) is 26.3. The van der Waals surface area contributed by atoms with Crippen LogP contribution in [-0.4, -0.2) is 15.0 Å². The van der Waals surface area contributed by atoms with Crippen LogP contribution in [0.1, 0.15) is 0 Å². The maximum absolute atomic E-state index is 6.43. The second-order valence-corrected chi connectivity index (χ2v) is 13.2. The van der Waals surface area contributed by atoms with Crippen LogP contribution in [-0.2, 0) is 0 Å². The van der Waals surface area contributed by atoms with Gasteiger partial charge in [-0.1, -0.05) is 170 Å². The van der Waals surface area contributed by atoms with Crippen molar-refractivity contribution in [2.75, 3.05) is 0 Å². The Hall–Kier alpha value is -7.17. The highest BCUT2D eigenvalue weighted by atomic mass is 16.3. The van der Waals surface area contributed by atoms with E-state index in [0.29, 0.717) is 17.5 Å². The molecule has 53 heavy (non-hydrogen) atoms. The molecule has 0 aliphatic heterocycles. The van der Waals surface area contributed by atoms with Gasteiger partial charge in [-0.3, -0.25) is 0 Å². The van der Waals surface area contributed by atoms with Crippen LogP contribution in [0.5, 0.6) is 0 Å². The van der Waals surface area contributed by atoms with E-state index in [9.17, 15) is 0 Å². The molecular weight excluding hydrogens is 647 g/mol. The van der Waals surface area contributed by atoms with E-state index in [-0.39, 0.29) is 0 Å². The van der Waals surface area contributed by atoms with E-state index < -0.39 is 0 Å². The van der Waals surface area contributed by atoms with E-state index >= 15 is 0 Å². The SMILES string of the molecule is c1ccc(-c2ccc(-c3ccc4oc5ccccc5c4c3-c3nc(-c4ccccc4)nc(-c4ccc(-c5cccc6ccccc56)cc4)n3)cc2)cc1. The highest BCUT2D eigenvalue weighted by molar-refractivity contribution is 6.15. The molecule has 2 aromatic heterocycles. The minimum Gasteiger partial charge on any atom is -0.456 e. The first-order valence-corrected chi connectivity index (χ1v) is 17.8. The monoisotopic (exact) mass is 677 g/mol. The van der Waals surface area contributed by atoms with Crippen LogP contribution in [0.2, 0.25) is 0 Å². The highest BCUT2D eigenvalue weighted by Gasteiger charge is 2.22. The molecule has 0 amide bonds. The van der Waals surface area contributed by atoms with Gasteiger partial charge in [0.1, 0.15) is 11.2 Å². The number of furan rings is 1. The van der Waals surface area contributed by atoms with Crippen LogP contribution >= 0.6 is 0 Å². The van der Waals surface area contributed by atoms with E-state index in [2.05, 4.69) is 133 Å². The van der Waals surface area contributed by atoms with Gasteiger partial charge in [0.15, 0.2) is 17.5 Å². The number of hydrogen-bond donors (Lipinski definition) is 0. The van der Waals surface area contributed by atoms with Gasteiger partial charge in [-0.25, -0.2) is 15.0 Å². The van der Waals surface area contributed by atoms with Crippen LogP contribution < -0.4 is 0 Å². The summed E-state index contributed by atoms with van der Waals surface area (Å²) in [4.78, 5) is 15.6. The summed E-state index contributed by atoms with van der Waals surface area (Å²) in [6.45, 7) is 0. The second-order valence-electron chi connectivity index (χ2n) is 13.2. The fourth-order valence-corrected chi connectivity index (χ4v) is 7.37. The molecule has 10 rings (SSSR count). The molecule has 0 aliphatic rings. The average molecular weight is 678 g/mol. The molecule has 0 spiro atoms. The lowest BCUT2D eigenvalue weighted by molar-refractivity contribution is 0.669. The Morgan fingerprint density at radius 3 is 1.55 bits per heavy atom. The van der Waals surface area contributed by atoms with Gasteiger partial charge in [0.25, 0.3) is 0 Å². The molecule has 4 heteroatoms. The van der Waals surface area contributed by atoms with Crippen LogP contribution in [0.4, 0.5) is 0 Å². The molecule has 0 atom stereocenters. The minimum absolute atomic E-state index is 0.589. The number of rotatable bonds is 6. The van der Waals surface area contributed by atoms with Crippen LogP contribution in [0, 0.1) is 0 Å². The fourth-order valence-electron chi connectivity index (χ4n) is 7.37. The van der Waals surface area contributed by atoms with Gasteiger partial charge < -0.3 is 4.42 Å². The van der Waals surface area contributed by atoms with Gasteiger partial charge in [-0.15, -0.1) is 0 Å². The van der Waals surface area contributed by atoms with Crippen LogP contribution in [0.25, 0.3) is 100 Å². The molecule has 0 bridgehead atoms. The van der Waals surface area contributed by atoms with Gasteiger partial charge in [-0.05, 0) is 62.4 Å². The Morgan fingerprint density at radius 2 is 0.811 bits per heavy atom. The second kappa shape index (κ2) is 12.9. The van der Waals surface area contributed by atoms with Gasteiger partial charge in [0, 0.05) is 27.5 Å². The average Bonchev–Trinajstić information content (AvgIpc) is 3.63. The van der Waals surface area contributed by atoms with Crippen LogP contribution in [0.3, 0.4) is 0 Å². The van der Waals surface area contributed by atoms with E-state index in [1.807, 2.05) is 54.6 Å². The normalized spacial score (nSPS) is 11.4. The molecule has 248 valence electrons. The number of fused-ring (bicyclic) bond motifs is 4. The van der Waals surface area contributed by atoms with Crippen molar-refractivity contribution in [3.63, 3.8) is 0 Å². The van der Waals surface area contributed by atoms with E-state index in [1.54, 1.807) is 0 Å². The summed E-state index contributed by atoms with van der Waals surface area (Å²) in [5.41, 5.74) is 11.1. The van der Waals surface area contributed by atoms with Crippen LogP contribution in [0.15, 0.2) is 192 Å². The zero-order valence-corrected chi connectivity index (χ0v) is 28.6. The van der Waals surface area contributed by atoms with Crippen molar-refractivity contribution in [3.8, 4) is 67.5 Å². The molecule has 0 unspecified atom stereocenters. The maximum Gasteiger partial charge on any atom is 0.165 e. The molecule has 0 N–H and O–H groups in total. The van der Waals surface area contributed by atoms with Crippen molar-refractivity contribution < 1.29 is 4.42 Å². The first-order valence-electron chi connectivity index (χ1n) is 17.8. The van der Waals surface area contributed by atoms with Crippen molar-refractivity contribution in [3.05, 3.63) is 188 Å². The third kappa shape index (κ3) is 5.54. The highest BCUT2D eigenvalue weighted by Crippen LogP contribution is 2.43. The number of benzene rings is 8. The molecule has 0 saturated carbocycles. The van der Waals surface area contributed by atoms with Gasteiger partial charge >= 0.3 is 0 Å². The quantitative estimate of drug-likeness (QED) is 0.176. The van der Waals surface area contributed by atoms with Crippen molar-refractivity contribution in [1.29, 1.82) is 0 Å². The molecular formula is C49H31N3O. The zero-order valence-electron chi connectivity index (χ0n) is 28.6. The third-order valence-corrected chi connectivity index (χ3v) is 9.98. The Morgan fingerprint density at radius 1 is 0.302 bits per heavy atom. The largest absolute Gasteiger partial charge is 0.456 e. The Kier molecular flexibility index (Phi) is 7.43. The van der Waals surface area contributed by atoms with E-state index in [4.69, 9.17) is 19.4 Å². The molecule has 8 aromatic carbocycles. The predicted octanol–water partition coefficient (Wildman–Crippen LogP) is 12.9. The third-order valence-electron chi connectivity index (χ3n) is 9.98. The summed E-state index contributed by atoms with van der Waals surface area (Å²) in [5.74, 6) is 1.80. The summed E-state index contributed by atoms with van der Waals surface area (Å²) in [7, 11) is 0. The number of hydrogen-bond acceptors (Lipinski definition) is 4. The molecule has 0 saturated heterocycles. The maximum atomic E-state index is 6.43. The molecule has 4 nitrogen and oxygen atoms in total. The van der Waals surface area contributed by atoms with E-state index in [1.165, 1.54) is 21.9 Å². The summed E-state index contributed by atoms with van der Waals surface area (Å²) in [6.07, 6.45) is 0. The topological polar surface area (TPSA) is 51.8 Å². The number of aromatic nitrogens is 3. The Bertz CT molecular complexity index is 2910. The Balaban J connectivity index is 1.18. The van der Waals surface area contributed by atoms with Gasteiger partial charge in [0.05, 0.1) is 0 Å². The van der Waals surface area contributed by atoms with E-state index in [0.717, 1.165) is 60.9 Å². The number of nitrogens with zero attached hydrogens (tertiary/aromatic N) is 3. The van der Waals surface area contributed by atoms with Gasteiger partial charge in [0.2, 0.25) is 0 Å². The lowest BCUT2D eigenvalue weighted by Gasteiger charge is -2.14. The summed E-state index contributed by atoms with van der Waals surface area (Å²) in [5, 5.41) is 4.44. The van der Waals surface area contributed by atoms with Crippen molar-refractivity contribution in [1.82, 2.24) is 15.0 Å². The summed E-state index contributed by atoms with van der Waals surface area (Å²) in [6, 6.07) is 65.2. The number of para-hydroxylation sites is 1. The van der Waals surface area contributed by atoms with Crippen molar-refractivity contribution >= 4 is 32.7 Å². The molecule has 0 fully saturated rings. The molecule has 10 aromatic rings. The molecule has 2 heterocycles.